The first kappa shape index (κ1) is 83.9. The van der Waals surface area contributed by atoms with Crippen LogP contribution in [0, 0.1) is 0 Å². The molecule has 0 bridgehead atoms. The Morgan fingerprint density at radius 3 is 0.412 bits per heavy atom. The minimum absolute atomic E-state index is 1.30. The molecule has 30 rings (SSSR count). The van der Waals surface area contributed by atoms with Crippen LogP contribution in [0.4, 0.5) is 0 Å². The van der Waals surface area contributed by atoms with Gasteiger partial charge in [0.2, 0.25) is 0 Å². The first-order valence-electron chi connectivity index (χ1n) is 46.9. The fourth-order valence-corrected chi connectivity index (χ4v) is 19.6. The van der Waals surface area contributed by atoms with E-state index in [1.165, 1.54) is 226 Å². The highest BCUT2D eigenvalue weighted by Gasteiger charge is 2.11. The molecule has 0 aliphatic heterocycles. The van der Waals surface area contributed by atoms with Crippen molar-refractivity contribution in [1.29, 1.82) is 0 Å². The number of benzene rings is 30. The van der Waals surface area contributed by atoms with E-state index in [0.29, 0.717) is 0 Å². The third-order valence-corrected chi connectivity index (χ3v) is 26.4. The van der Waals surface area contributed by atoms with Crippen molar-refractivity contribution in [3.63, 3.8) is 0 Å². The third kappa shape index (κ3) is 18.0. The van der Waals surface area contributed by atoms with E-state index in [4.69, 9.17) is 0 Å². The van der Waals surface area contributed by atoms with Gasteiger partial charge >= 0.3 is 0 Å². The maximum absolute atomic E-state index is 2.31. The first-order chi connectivity index (χ1) is 67.4. The van der Waals surface area contributed by atoms with Gasteiger partial charge in [0.05, 0.1) is 0 Å². The average Bonchev–Trinajstić information content (AvgIpc) is 0.725. The fraction of sp³-hybridized carbons (Fsp3) is 0. The van der Waals surface area contributed by atoms with Gasteiger partial charge in [0, 0.05) is 0 Å². The lowest BCUT2D eigenvalue weighted by Crippen LogP contribution is -1.82. The second-order valence-corrected chi connectivity index (χ2v) is 34.9. The molecule has 0 saturated heterocycles. The van der Waals surface area contributed by atoms with Gasteiger partial charge in [0.25, 0.3) is 0 Å². The van der Waals surface area contributed by atoms with Crippen LogP contribution in [0.3, 0.4) is 0 Å². The molecule has 0 N–H and O–H groups in total. The molecular formula is C136H94. The summed E-state index contributed by atoms with van der Waals surface area (Å²) < 4.78 is 0. The summed E-state index contributed by atoms with van der Waals surface area (Å²) in [7, 11) is 0. The minimum atomic E-state index is 1.30. The van der Waals surface area contributed by atoms with E-state index in [0.717, 1.165) is 0 Å². The second kappa shape index (κ2) is 38.8. The Hall–Kier alpha value is -17.7. The van der Waals surface area contributed by atoms with Gasteiger partial charge in [0.1, 0.15) is 0 Å². The molecule has 0 aromatic heterocycles. The summed E-state index contributed by atoms with van der Waals surface area (Å²) in [5.74, 6) is 0. The molecule has 0 aliphatic carbocycles. The normalized spacial score (nSPS) is 11.1. The monoisotopic (exact) mass is 1730 g/mol. The van der Waals surface area contributed by atoms with Crippen molar-refractivity contribution in [2.24, 2.45) is 0 Å². The van der Waals surface area contributed by atoms with Crippen LogP contribution in [0.5, 0.6) is 0 Å². The lowest BCUT2D eigenvalue weighted by atomic mass is 9.95. The fourth-order valence-electron chi connectivity index (χ4n) is 19.6. The molecule has 30 aromatic carbocycles. The van der Waals surface area contributed by atoms with Crippen LogP contribution in [0.25, 0.3) is 226 Å². The van der Waals surface area contributed by atoms with Crippen molar-refractivity contribution < 1.29 is 0 Å². The van der Waals surface area contributed by atoms with E-state index in [2.05, 4.69) is 534 Å². The predicted octanol–water partition coefficient (Wildman–Crippen LogP) is 38.8. The van der Waals surface area contributed by atoms with Crippen molar-refractivity contribution in [2.75, 3.05) is 0 Å². The van der Waals surface area contributed by atoms with Crippen LogP contribution >= 0.6 is 0 Å². The molecule has 0 aliphatic rings. The lowest BCUT2D eigenvalue weighted by molar-refractivity contribution is 1.72. The Balaban J connectivity index is 0.0000000898. The van der Waals surface area contributed by atoms with Gasteiger partial charge in [-0.1, -0.05) is 497 Å². The Morgan fingerprint density at radius 1 is 0.0588 bits per heavy atom. The summed E-state index contributed by atoms with van der Waals surface area (Å²) in [4.78, 5) is 0. The standard InChI is InChI=1S/C22H14.3C18H12.C16H10.2C14H10.C10H8.C6H6/c1-2-6-16-10-20-14-22-12-18-8-4-3-7-17(18)11-21(22)13-19(20)9-15(16)5-1;1-3-7-16-13(5-1)9-11-15-12-10-14-6-2-4-8-17(14)18(15)16;1-3-7-15-13(5-1)9-11-18-16-8-4-2-6-14(16)10-12-17(15)18;1-2-6-14-10-18-12-16-8-4-3-7-15(16)11-17(18)9-13(14)5-1;1-3-11-7-9-13-5-2-6-14-10-8-12(4-1)15(11)16(13)14;1-3-7-13-11(5-1)9-10-12-6-2-4-8-14(12)13;1-2-6-12-10-14-8-4-3-7-13(14)9-11(12)5-1;1-2-6-10-8-4-3-7-9(10)5-1;1-2-4-6-5-3-1/h1-14H;3*1-12H;1-10H;2*1-10H;1-8H;1-6H. The molecule has 136 heavy (non-hydrogen) atoms. The van der Waals surface area contributed by atoms with Gasteiger partial charge in [-0.15, -0.1) is 0 Å². The molecule has 0 nitrogen and oxygen atoms in total. The zero-order valence-corrected chi connectivity index (χ0v) is 75.3. The number of rotatable bonds is 0. The maximum Gasteiger partial charge on any atom is -0.00268 e. The Morgan fingerprint density at radius 2 is 0.191 bits per heavy atom. The zero-order valence-electron chi connectivity index (χ0n) is 75.3. The second-order valence-electron chi connectivity index (χ2n) is 34.9. The number of hydrogen-bond donors (Lipinski definition) is 0. The van der Waals surface area contributed by atoms with Crippen LogP contribution < -0.4 is 0 Å². The summed E-state index contributed by atoms with van der Waals surface area (Å²) in [6.45, 7) is 0. The van der Waals surface area contributed by atoms with E-state index in [9.17, 15) is 0 Å². The smallest absolute Gasteiger partial charge is 0.00268 e. The molecule has 638 valence electrons. The molecule has 0 fully saturated rings. The van der Waals surface area contributed by atoms with Crippen molar-refractivity contribution in [2.45, 2.75) is 0 Å². The van der Waals surface area contributed by atoms with E-state index in [-0.39, 0.29) is 0 Å². The third-order valence-electron chi connectivity index (χ3n) is 26.4. The van der Waals surface area contributed by atoms with E-state index in [1.807, 2.05) is 36.4 Å². The Labute approximate surface area is 790 Å². The van der Waals surface area contributed by atoms with Crippen molar-refractivity contribution in [3.05, 3.63) is 570 Å². The quantitative estimate of drug-likeness (QED) is 0.105. The maximum atomic E-state index is 2.31. The topological polar surface area (TPSA) is 0 Å². The largest absolute Gasteiger partial charge is 0.0623 e. The Bertz CT molecular complexity index is 8700. The molecule has 0 amide bonds. The lowest BCUT2D eigenvalue weighted by Gasteiger charge is -2.09. The highest BCUT2D eigenvalue weighted by atomic mass is 14.2. The van der Waals surface area contributed by atoms with Crippen LogP contribution in [-0.2, 0) is 0 Å². The summed E-state index contributed by atoms with van der Waals surface area (Å²) in [5.41, 5.74) is 0. The van der Waals surface area contributed by atoms with Gasteiger partial charge in [-0.05, 0) is 299 Å². The van der Waals surface area contributed by atoms with Crippen LogP contribution in [0.1, 0.15) is 0 Å². The molecule has 30 aromatic rings. The summed E-state index contributed by atoms with van der Waals surface area (Å²) in [6, 6.07) is 202. The van der Waals surface area contributed by atoms with Crippen LogP contribution in [0.2, 0.25) is 0 Å². The van der Waals surface area contributed by atoms with Gasteiger partial charge in [0.15, 0.2) is 0 Å². The predicted molar refractivity (Wildman–Crippen MR) is 597 cm³/mol. The first-order valence-corrected chi connectivity index (χ1v) is 46.9. The molecule has 0 atom stereocenters. The average molecular weight is 1730 g/mol. The zero-order chi connectivity index (χ0) is 90.7. The van der Waals surface area contributed by atoms with E-state index >= 15 is 0 Å². The van der Waals surface area contributed by atoms with Crippen molar-refractivity contribution in [1.82, 2.24) is 0 Å². The number of hydrogen-bond acceptors (Lipinski definition) is 0. The summed E-state index contributed by atoms with van der Waals surface area (Å²) >= 11 is 0. The van der Waals surface area contributed by atoms with Gasteiger partial charge < -0.3 is 0 Å². The Kier molecular flexibility index (Phi) is 23.9. The van der Waals surface area contributed by atoms with Crippen LogP contribution in [-0.4, -0.2) is 0 Å². The molecule has 0 heterocycles. The van der Waals surface area contributed by atoms with Crippen LogP contribution in [0.15, 0.2) is 570 Å². The van der Waals surface area contributed by atoms with Gasteiger partial charge in [-0.3, -0.25) is 0 Å². The van der Waals surface area contributed by atoms with Crippen molar-refractivity contribution >= 4 is 226 Å². The van der Waals surface area contributed by atoms with E-state index in [1.54, 1.807) is 0 Å². The molecule has 0 spiro atoms. The highest BCUT2D eigenvalue weighted by molar-refractivity contribution is 6.24. The molecule has 0 unspecified atom stereocenters. The molecule has 0 saturated carbocycles. The van der Waals surface area contributed by atoms with Crippen molar-refractivity contribution in [3.8, 4) is 0 Å². The highest BCUT2D eigenvalue weighted by Crippen LogP contribution is 2.39. The molecular weight excluding hydrogens is 1630 g/mol. The summed E-state index contributed by atoms with van der Waals surface area (Å²) in [5, 5.41) is 55.5. The van der Waals surface area contributed by atoms with E-state index < -0.39 is 0 Å². The SMILES string of the molecule is c1cc2ccc3cccc4ccc(c1)c2c34.c1ccc2c(c1)ccc1c3ccccc3ccc21.c1ccc2c(c1)ccc1ccc3ccccc3c12.c1ccc2c(c1)ccc1ccccc12.c1ccc2cc3cc4cc5ccccc5cc4cc3cc2c1.c1ccc2cc3cc4ccccc4cc3cc2c1.c1ccc2cc3ccccc3cc2c1.c1ccc2ccccc2c1.c1ccccc1. The van der Waals surface area contributed by atoms with Gasteiger partial charge in [-0.2, -0.15) is 0 Å². The molecule has 0 heteroatoms. The number of fused-ring (bicyclic) bond motifs is 23. The molecule has 0 radical (unpaired) electrons. The van der Waals surface area contributed by atoms with Gasteiger partial charge in [-0.25, -0.2) is 0 Å². The summed E-state index contributed by atoms with van der Waals surface area (Å²) in [6.07, 6.45) is 0. The minimum Gasteiger partial charge on any atom is -0.0623 e.